The summed E-state index contributed by atoms with van der Waals surface area (Å²) in [4.78, 5) is 0. The molecule has 2 nitrogen and oxygen atoms in total. The van der Waals surface area contributed by atoms with Crippen molar-refractivity contribution in [2.75, 3.05) is 11.5 Å². The summed E-state index contributed by atoms with van der Waals surface area (Å²) in [7, 11) is 0. The first-order chi connectivity index (χ1) is 13.6. The Bertz CT molecular complexity index is 1060. The molecule has 0 aliphatic heterocycles. The van der Waals surface area contributed by atoms with E-state index in [1.54, 1.807) is 12.1 Å². The number of rotatable bonds is 1. The van der Waals surface area contributed by atoms with E-state index in [1.807, 2.05) is 12.1 Å². The molecule has 2 aliphatic carbocycles. The van der Waals surface area contributed by atoms with Crippen molar-refractivity contribution in [2.24, 2.45) is 5.41 Å². The molecule has 3 aromatic rings. The van der Waals surface area contributed by atoms with Crippen molar-refractivity contribution in [1.82, 2.24) is 0 Å². The van der Waals surface area contributed by atoms with Gasteiger partial charge >= 0.3 is 0 Å². The highest BCUT2D eigenvalue weighted by Crippen LogP contribution is 2.47. The molecule has 0 saturated carbocycles. The minimum Gasteiger partial charge on any atom is -0.397 e. The van der Waals surface area contributed by atoms with E-state index in [0.29, 0.717) is 17.3 Å². The fourth-order valence-electron chi connectivity index (χ4n) is 4.16. The molecule has 2 heteroatoms. The Morgan fingerprint density at radius 1 is 0.857 bits per heavy atom. The monoisotopic (exact) mass is 366 g/mol. The lowest BCUT2D eigenvalue weighted by Gasteiger charge is -2.36. The van der Waals surface area contributed by atoms with Crippen LogP contribution in [0.25, 0.3) is 16.8 Å². The zero-order valence-corrected chi connectivity index (χ0v) is 16.2. The van der Waals surface area contributed by atoms with Gasteiger partial charge in [0.15, 0.2) is 0 Å². The second kappa shape index (κ2) is 7.40. The number of allylic oxidation sites excluding steroid dienone is 5. The highest BCUT2D eigenvalue weighted by atomic mass is 14.7. The zero-order valence-electron chi connectivity index (χ0n) is 16.2. The third-order valence-corrected chi connectivity index (χ3v) is 5.76. The zero-order chi connectivity index (χ0) is 19.6. The summed E-state index contributed by atoms with van der Waals surface area (Å²) < 4.78 is 0. The molecule has 0 aromatic heterocycles. The van der Waals surface area contributed by atoms with E-state index in [2.05, 4.69) is 79.8 Å². The highest BCUT2D eigenvalue weighted by molar-refractivity contribution is 5.95. The summed E-state index contributed by atoms with van der Waals surface area (Å²) in [5.74, 6) is 0.460. The lowest BCUT2D eigenvalue weighted by atomic mass is 9.67. The molecular weight excluding hydrogens is 340 g/mol. The number of benzene rings is 3. The molecule has 0 spiro atoms. The molecule has 4 N–H and O–H groups in total. The Kier molecular flexibility index (Phi) is 4.79. The lowest BCUT2D eigenvalue weighted by molar-refractivity contribution is 0.384. The maximum Gasteiger partial charge on any atom is 0.0547 e. The summed E-state index contributed by atoms with van der Waals surface area (Å²) in [6.45, 7) is 2.37. The van der Waals surface area contributed by atoms with Crippen LogP contribution >= 0.6 is 0 Å². The maximum absolute atomic E-state index is 5.39. The summed E-state index contributed by atoms with van der Waals surface area (Å²) >= 11 is 0. The first-order valence-corrected chi connectivity index (χ1v) is 9.73. The van der Waals surface area contributed by atoms with E-state index in [-0.39, 0.29) is 5.41 Å². The van der Waals surface area contributed by atoms with E-state index < -0.39 is 0 Å². The fourth-order valence-corrected chi connectivity index (χ4v) is 4.16. The van der Waals surface area contributed by atoms with E-state index >= 15 is 0 Å². The molecule has 0 saturated heterocycles. The third kappa shape index (κ3) is 3.34. The van der Waals surface area contributed by atoms with Gasteiger partial charge in [0.25, 0.3) is 0 Å². The second-order valence-electron chi connectivity index (χ2n) is 7.76. The van der Waals surface area contributed by atoms with Crippen LogP contribution in [0.2, 0.25) is 0 Å². The molecule has 0 bridgehead atoms. The van der Waals surface area contributed by atoms with Gasteiger partial charge in [-0.05, 0) is 45.9 Å². The minimum atomic E-state index is 0.188. The number of hydrogen-bond acceptors (Lipinski definition) is 2. The van der Waals surface area contributed by atoms with Crippen molar-refractivity contribution in [1.29, 1.82) is 0 Å². The topological polar surface area (TPSA) is 52.0 Å². The van der Waals surface area contributed by atoms with Gasteiger partial charge in [0.2, 0.25) is 0 Å². The van der Waals surface area contributed by atoms with Gasteiger partial charge in [0, 0.05) is 5.92 Å². The van der Waals surface area contributed by atoms with Crippen LogP contribution in [0.5, 0.6) is 0 Å². The third-order valence-electron chi connectivity index (χ3n) is 5.76. The number of hydrogen-bond donors (Lipinski definition) is 2. The Morgan fingerprint density at radius 3 is 2.21 bits per heavy atom. The highest BCUT2D eigenvalue weighted by Gasteiger charge is 2.33. The number of nitrogens with two attached hydrogens (primary N) is 2. The summed E-state index contributed by atoms with van der Waals surface area (Å²) in [6, 6.07) is 20.6. The van der Waals surface area contributed by atoms with Crippen LogP contribution in [0.1, 0.15) is 30.4 Å². The Labute approximate surface area is 166 Å². The average Bonchev–Trinajstić information content (AvgIpc) is 2.72. The van der Waals surface area contributed by atoms with Gasteiger partial charge in [-0.25, -0.2) is 0 Å². The smallest absolute Gasteiger partial charge is 0.0547 e. The number of para-hydroxylation sites is 2. The normalized spacial score (nSPS) is 22.0. The molecule has 28 heavy (non-hydrogen) atoms. The average molecular weight is 367 g/mol. The molecular formula is C26H26N2. The first-order valence-electron chi connectivity index (χ1n) is 9.73. The molecule has 0 heterocycles. The molecule has 2 unspecified atom stereocenters. The van der Waals surface area contributed by atoms with Crippen molar-refractivity contribution in [2.45, 2.75) is 19.3 Å². The van der Waals surface area contributed by atoms with Gasteiger partial charge in [0.1, 0.15) is 0 Å². The van der Waals surface area contributed by atoms with E-state index in [9.17, 15) is 0 Å². The molecule has 3 aromatic carbocycles. The number of nitrogen functional groups attached to an aromatic ring is 2. The molecule has 0 radical (unpaired) electrons. The van der Waals surface area contributed by atoms with Crippen molar-refractivity contribution < 1.29 is 0 Å². The van der Waals surface area contributed by atoms with Crippen LogP contribution in [-0.2, 0) is 0 Å². The fraction of sp³-hybridized carbons (Fsp3) is 0.154. The van der Waals surface area contributed by atoms with Gasteiger partial charge in [0.05, 0.1) is 11.4 Å². The van der Waals surface area contributed by atoms with Crippen LogP contribution in [-0.4, -0.2) is 0 Å². The van der Waals surface area contributed by atoms with Gasteiger partial charge in [-0.3, -0.25) is 0 Å². The Hall–Kier alpha value is -3.26. The maximum atomic E-state index is 5.39. The van der Waals surface area contributed by atoms with E-state index in [1.165, 1.54) is 21.9 Å². The van der Waals surface area contributed by atoms with Crippen LogP contribution in [0.3, 0.4) is 0 Å². The van der Waals surface area contributed by atoms with Crippen molar-refractivity contribution >= 4 is 28.2 Å². The Balaban J connectivity index is 0.000000203. The molecule has 0 amide bonds. The predicted octanol–water partition coefficient (Wildman–Crippen LogP) is 6.32. The molecule has 2 atom stereocenters. The molecule has 140 valence electrons. The predicted molar refractivity (Wildman–Crippen MR) is 122 cm³/mol. The summed E-state index contributed by atoms with van der Waals surface area (Å²) in [6.07, 6.45) is 14.8. The second-order valence-corrected chi connectivity index (χ2v) is 7.76. The molecule has 0 fully saturated rings. The summed E-state index contributed by atoms with van der Waals surface area (Å²) in [5, 5.41) is 2.79. The number of anilines is 2. The van der Waals surface area contributed by atoms with E-state index in [0.717, 1.165) is 6.42 Å². The lowest BCUT2D eigenvalue weighted by Crippen LogP contribution is -2.24. The summed E-state index contributed by atoms with van der Waals surface area (Å²) in [5.41, 5.74) is 15.1. The van der Waals surface area contributed by atoms with Crippen molar-refractivity contribution in [3.05, 3.63) is 102 Å². The Morgan fingerprint density at radius 2 is 1.57 bits per heavy atom. The first kappa shape index (κ1) is 18.1. The SMILES string of the molecule is CC1(C2C=Cc3cccc4cccc2c34)C=CC=CC1.Nc1ccccc1N. The van der Waals surface area contributed by atoms with Gasteiger partial charge in [-0.15, -0.1) is 0 Å². The van der Waals surface area contributed by atoms with Gasteiger partial charge in [-0.1, -0.05) is 91.9 Å². The molecule has 2 aliphatic rings. The van der Waals surface area contributed by atoms with E-state index in [4.69, 9.17) is 11.5 Å². The standard InChI is InChI=1S/C20H18.C6H8N2/c1-20(13-3-2-4-14-20)18-12-11-16-8-5-7-15-9-6-10-17(18)19(15)16;7-5-3-1-2-4-6(5)8/h2-13,18H,14H2,1H3;1-4H,7-8H2. The van der Waals surface area contributed by atoms with Gasteiger partial charge in [-0.2, -0.15) is 0 Å². The minimum absolute atomic E-state index is 0.188. The van der Waals surface area contributed by atoms with Crippen molar-refractivity contribution in [3.63, 3.8) is 0 Å². The van der Waals surface area contributed by atoms with Crippen LogP contribution in [0.4, 0.5) is 11.4 Å². The largest absolute Gasteiger partial charge is 0.397 e. The van der Waals surface area contributed by atoms with Crippen LogP contribution in [0.15, 0.2) is 91.0 Å². The van der Waals surface area contributed by atoms with Crippen molar-refractivity contribution in [3.8, 4) is 0 Å². The van der Waals surface area contributed by atoms with Gasteiger partial charge < -0.3 is 11.5 Å². The van der Waals surface area contributed by atoms with Crippen LogP contribution < -0.4 is 11.5 Å². The van der Waals surface area contributed by atoms with Crippen LogP contribution in [0, 0.1) is 5.41 Å². The molecule has 5 rings (SSSR count). The quantitative estimate of drug-likeness (QED) is 0.495.